The summed E-state index contributed by atoms with van der Waals surface area (Å²) in [5, 5.41) is 41.1. The Labute approximate surface area is 222 Å². The van der Waals surface area contributed by atoms with E-state index in [1.165, 1.54) is 32.4 Å². The summed E-state index contributed by atoms with van der Waals surface area (Å²) in [4.78, 5) is 36.8. The molecule has 2 saturated heterocycles. The van der Waals surface area contributed by atoms with Crippen LogP contribution >= 0.6 is 0 Å². The second-order valence-corrected chi connectivity index (χ2v) is 9.29. The highest BCUT2D eigenvalue weighted by molar-refractivity contribution is 5.90. The fraction of sp³-hybridized carbons (Fsp3) is 0.560. The molecule has 0 unspecified atom stereocenters. The van der Waals surface area contributed by atoms with E-state index in [4.69, 9.17) is 33.2 Å². The Morgan fingerprint density at radius 3 is 2.49 bits per heavy atom. The minimum absolute atomic E-state index is 0.0408. The van der Waals surface area contributed by atoms with E-state index in [-0.39, 0.29) is 29.1 Å². The van der Waals surface area contributed by atoms with E-state index in [0.717, 1.165) is 6.26 Å². The van der Waals surface area contributed by atoms with E-state index in [0.29, 0.717) is 0 Å². The average Bonchev–Trinajstić information content (AvgIpc) is 2.92. The second-order valence-electron chi connectivity index (χ2n) is 9.29. The van der Waals surface area contributed by atoms with Crippen LogP contribution in [0.1, 0.15) is 23.7 Å². The summed E-state index contributed by atoms with van der Waals surface area (Å²) in [5.41, 5.74) is 0.154. The van der Waals surface area contributed by atoms with Crippen molar-refractivity contribution >= 4 is 17.9 Å². The van der Waals surface area contributed by atoms with Gasteiger partial charge in [-0.25, -0.2) is 9.59 Å². The van der Waals surface area contributed by atoms with Gasteiger partial charge in [-0.2, -0.15) is 0 Å². The molecular formula is C25H30O14. The molecule has 0 aliphatic carbocycles. The van der Waals surface area contributed by atoms with E-state index >= 15 is 0 Å². The van der Waals surface area contributed by atoms with E-state index in [2.05, 4.69) is 0 Å². The van der Waals surface area contributed by atoms with Gasteiger partial charge in [0.2, 0.25) is 6.29 Å². The van der Waals surface area contributed by atoms with Crippen molar-refractivity contribution in [1.82, 2.24) is 0 Å². The number of phenols is 1. The second kappa shape index (κ2) is 11.8. The Kier molecular flexibility index (Phi) is 8.61. The number of aliphatic hydroxyl groups excluding tert-OH is 3. The maximum absolute atomic E-state index is 12.5. The van der Waals surface area contributed by atoms with Gasteiger partial charge in [-0.1, -0.05) is 0 Å². The molecule has 9 atom stereocenters. The molecule has 4 rings (SSSR count). The van der Waals surface area contributed by atoms with Crippen LogP contribution in [0.25, 0.3) is 0 Å². The molecule has 0 radical (unpaired) electrons. The molecule has 3 aliphatic rings. The standard InChI is InChI=1S/C25H30O14/c1-10-18-12(7-17(27)37-10)13(23(32)34-3)8-36-24(18)39-25-21(30)20(29)19(28)16(38-25)9-35-22(31)11-4-5-14(26)15(6-11)33-2/h4-6,8,10,12,16,18-21,24-26,28-30H,7,9H2,1-3H3/t10-,12+,16+,18+,19+,20-,21+,24-,25-/m0/s1. The molecular weight excluding hydrogens is 524 g/mol. The first-order chi connectivity index (χ1) is 18.5. The molecule has 0 saturated carbocycles. The van der Waals surface area contributed by atoms with Crippen molar-refractivity contribution in [3.05, 3.63) is 35.6 Å². The summed E-state index contributed by atoms with van der Waals surface area (Å²) in [5.74, 6) is -3.57. The summed E-state index contributed by atoms with van der Waals surface area (Å²) in [6, 6.07) is 3.80. The molecule has 14 heteroatoms. The number of hydrogen-bond donors (Lipinski definition) is 4. The summed E-state index contributed by atoms with van der Waals surface area (Å²) in [6.07, 6.45) is -9.01. The number of ether oxygens (including phenoxy) is 7. The largest absolute Gasteiger partial charge is 0.504 e. The molecule has 0 aromatic heterocycles. The van der Waals surface area contributed by atoms with Gasteiger partial charge in [0.05, 0.1) is 44.0 Å². The summed E-state index contributed by atoms with van der Waals surface area (Å²) < 4.78 is 37.3. The van der Waals surface area contributed by atoms with Crippen LogP contribution in [-0.2, 0) is 38.0 Å². The Morgan fingerprint density at radius 2 is 1.79 bits per heavy atom. The maximum Gasteiger partial charge on any atom is 0.338 e. The number of carbonyl (C=O) groups is 3. The van der Waals surface area contributed by atoms with E-state index in [9.17, 15) is 34.8 Å². The molecule has 0 amide bonds. The lowest BCUT2D eigenvalue weighted by atomic mass is 9.77. The highest BCUT2D eigenvalue weighted by Gasteiger charge is 2.52. The van der Waals surface area contributed by atoms with Gasteiger partial charge < -0.3 is 53.6 Å². The predicted octanol–water partition coefficient (Wildman–Crippen LogP) is -0.637. The van der Waals surface area contributed by atoms with Crippen LogP contribution in [0.3, 0.4) is 0 Å². The molecule has 3 aliphatic heterocycles. The molecule has 0 bridgehead atoms. The van der Waals surface area contributed by atoms with Gasteiger partial charge in [0.15, 0.2) is 17.8 Å². The highest BCUT2D eigenvalue weighted by atomic mass is 16.8. The first-order valence-corrected chi connectivity index (χ1v) is 12.1. The number of benzene rings is 1. The van der Waals surface area contributed by atoms with Gasteiger partial charge in [-0.15, -0.1) is 0 Å². The number of esters is 3. The molecule has 0 spiro atoms. The first-order valence-electron chi connectivity index (χ1n) is 12.1. The summed E-state index contributed by atoms with van der Waals surface area (Å²) in [7, 11) is 2.50. The minimum Gasteiger partial charge on any atom is -0.504 e. The van der Waals surface area contributed by atoms with Crippen LogP contribution in [0, 0.1) is 11.8 Å². The Hall–Kier alpha value is -3.43. The summed E-state index contributed by atoms with van der Waals surface area (Å²) >= 11 is 0. The van der Waals surface area contributed by atoms with Crippen molar-refractivity contribution in [2.75, 3.05) is 20.8 Å². The predicted molar refractivity (Wildman–Crippen MR) is 125 cm³/mol. The molecule has 1 aromatic rings. The van der Waals surface area contributed by atoms with Gasteiger partial charge in [0.25, 0.3) is 0 Å². The molecule has 1 aromatic carbocycles. The maximum atomic E-state index is 12.5. The molecule has 14 nitrogen and oxygen atoms in total. The van der Waals surface area contributed by atoms with E-state index < -0.39 is 79.5 Å². The van der Waals surface area contributed by atoms with Gasteiger partial charge in [0, 0.05) is 5.92 Å². The number of carbonyl (C=O) groups excluding carboxylic acids is 3. The molecule has 39 heavy (non-hydrogen) atoms. The van der Waals surface area contributed by atoms with Gasteiger partial charge in [0.1, 0.15) is 37.1 Å². The lowest BCUT2D eigenvalue weighted by Gasteiger charge is -2.45. The fourth-order valence-electron chi connectivity index (χ4n) is 4.81. The monoisotopic (exact) mass is 554 g/mol. The van der Waals surface area contributed by atoms with Gasteiger partial charge in [-0.05, 0) is 25.1 Å². The third-order valence-corrected chi connectivity index (χ3v) is 6.91. The smallest absolute Gasteiger partial charge is 0.338 e. The summed E-state index contributed by atoms with van der Waals surface area (Å²) in [6.45, 7) is 1.05. The molecule has 214 valence electrons. The number of aromatic hydroxyl groups is 1. The van der Waals surface area contributed by atoms with Crippen molar-refractivity contribution in [1.29, 1.82) is 0 Å². The van der Waals surface area contributed by atoms with Crippen LogP contribution in [0.5, 0.6) is 11.5 Å². The van der Waals surface area contributed by atoms with Gasteiger partial charge in [-0.3, -0.25) is 4.79 Å². The van der Waals surface area contributed by atoms with E-state index in [1.54, 1.807) is 6.92 Å². The number of hydrogen-bond acceptors (Lipinski definition) is 14. The highest BCUT2D eigenvalue weighted by Crippen LogP contribution is 2.41. The van der Waals surface area contributed by atoms with Gasteiger partial charge >= 0.3 is 17.9 Å². The zero-order valence-electron chi connectivity index (χ0n) is 21.3. The fourth-order valence-corrected chi connectivity index (χ4v) is 4.81. The molecule has 4 N–H and O–H groups in total. The van der Waals surface area contributed by atoms with E-state index in [1.807, 2.05) is 0 Å². The SMILES string of the molecule is COC(=O)C1=CO[C@@H](O[C@@H]2O[C@H](COC(=O)c3ccc(O)c(OC)c3)[C@@H](O)[C@H](O)[C@H]2O)[C@@H]2[C@H](C)OC(=O)C[C@H]12. The zero-order chi connectivity index (χ0) is 28.4. The third kappa shape index (κ3) is 5.79. The quantitative estimate of drug-likeness (QED) is 0.245. The van der Waals surface area contributed by atoms with Crippen LogP contribution in [0.15, 0.2) is 30.0 Å². The normalized spacial score (nSPS) is 34.1. The van der Waals surface area contributed by atoms with Crippen LogP contribution in [-0.4, -0.2) is 102 Å². The Morgan fingerprint density at radius 1 is 1.05 bits per heavy atom. The lowest BCUT2D eigenvalue weighted by molar-refractivity contribution is -0.346. The van der Waals surface area contributed by atoms with Crippen LogP contribution < -0.4 is 4.74 Å². The molecule has 2 fully saturated rings. The number of phenolic OH excluding ortho intramolecular Hbond substituents is 1. The number of cyclic esters (lactones) is 1. The van der Waals surface area contributed by atoms with Crippen molar-refractivity contribution in [2.24, 2.45) is 11.8 Å². The lowest BCUT2D eigenvalue weighted by Crippen LogP contribution is -2.61. The van der Waals surface area contributed by atoms with Crippen LogP contribution in [0.2, 0.25) is 0 Å². The average molecular weight is 555 g/mol. The zero-order valence-corrected chi connectivity index (χ0v) is 21.3. The number of fused-ring (bicyclic) bond motifs is 1. The Bertz CT molecular complexity index is 1120. The Balaban J connectivity index is 1.47. The minimum atomic E-state index is -1.75. The van der Waals surface area contributed by atoms with Crippen molar-refractivity contribution in [2.45, 2.75) is 56.4 Å². The van der Waals surface area contributed by atoms with Crippen molar-refractivity contribution in [3.8, 4) is 11.5 Å². The van der Waals surface area contributed by atoms with Crippen LogP contribution in [0.4, 0.5) is 0 Å². The number of rotatable bonds is 7. The number of methoxy groups -OCH3 is 2. The van der Waals surface area contributed by atoms with Crippen molar-refractivity contribution < 1.29 is 68.0 Å². The van der Waals surface area contributed by atoms with Crippen molar-refractivity contribution in [3.63, 3.8) is 0 Å². The topological polar surface area (TPSA) is 197 Å². The third-order valence-electron chi connectivity index (χ3n) is 6.91. The number of aliphatic hydroxyl groups is 3. The molecule has 3 heterocycles. The first kappa shape index (κ1) is 28.6.